The van der Waals surface area contributed by atoms with Crippen molar-refractivity contribution in [2.45, 2.75) is 50.4 Å². The molecule has 2 heteroatoms. The Bertz CT molecular complexity index is 396. The van der Waals surface area contributed by atoms with E-state index in [9.17, 15) is 4.39 Å². The van der Waals surface area contributed by atoms with Crippen LogP contribution in [0.15, 0.2) is 24.3 Å². The predicted octanol–water partition coefficient (Wildman–Crippen LogP) is 4.33. The summed E-state index contributed by atoms with van der Waals surface area (Å²) in [4.78, 5) is 0. The Kier molecular flexibility index (Phi) is 3.78. The van der Waals surface area contributed by atoms with E-state index >= 15 is 0 Å². The Morgan fingerprint density at radius 3 is 2.35 bits per heavy atom. The molecule has 0 atom stereocenters. The smallest absolute Gasteiger partial charge is 0.123 e. The first-order valence-electron chi connectivity index (χ1n) is 6.40. The molecule has 0 unspecified atom stereocenters. The van der Waals surface area contributed by atoms with Crippen molar-refractivity contribution in [3.63, 3.8) is 0 Å². The molecule has 17 heavy (non-hydrogen) atoms. The fourth-order valence-electron chi connectivity index (χ4n) is 3.01. The zero-order valence-corrected chi connectivity index (χ0v) is 10.1. The van der Waals surface area contributed by atoms with Crippen LogP contribution in [0.5, 0.6) is 0 Å². The second kappa shape index (κ2) is 5.31. The van der Waals surface area contributed by atoms with Gasteiger partial charge in [0.1, 0.15) is 5.82 Å². The lowest BCUT2D eigenvalue weighted by atomic mass is 9.67. The average molecular weight is 231 g/mol. The maximum Gasteiger partial charge on any atom is 0.123 e. The van der Waals surface area contributed by atoms with E-state index in [0.29, 0.717) is 6.42 Å². The fourth-order valence-corrected chi connectivity index (χ4v) is 3.01. The molecule has 1 saturated carbocycles. The molecule has 0 amide bonds. The molecule has 0 radical (unpaired) electrons. The van der Waals surface area contributed by atoms with Gasteiger partial charge in [-0.2, -0.15) is 5.26 Å². The van der Waals surface area contributed by atoms with Gasteiger partial charge in [-0.3, -0.25) is 0 Å². The van der Waals surface area contributed by atoms with Gasteiger partial charge in [0.2, 0.25) is 0 Å². The highest BCUT2D eigenvalue weighted by atomic mass is 19.1. The molecule has 1 aliphatic carbocycles. The topological polar surface area (TPSA) is 23.8 Å². The van der Waals surface area contributed by atoms with Crippen molar-refractivity contribution in [2.75, 3.05) is 0 Å². The Balaban J connectivity index is 2.25. The van der Waals surface area contributed by atoms with Gasteiger partial charge < -0.3 is 0 Å². The van der Waals surface area contributed by atoms with E-state index < -0.39 is 0 Å². The van der Waals surface area contributed by atoms with E-state index in [2.05, 4.69) is 6.07 Å². The number of rotatable bonds is 3. The largest absolute Gasteiger partial charge is 0.207 e. The molecule has 0 aliphatic heterocycles. The average Bonchev–Trinajstić information content (AvgIpc) is 2.38. The van der Waals surface area contributed by atoms with Crippen LogP contribution in [-0.4, -0.2) is 0 Å². The van der Waals surface area contributed by atoms with Gasteiger partial charge in [0.05, 0.1) is 6.07 Å². The van der Waals surface area contributed by atoms with Gasteiger partial charge in [-0.15, -0.1) is 0 Å². The second-order valence-corrected chi connectivity index (χ2v) is 5.01. The molecule has 2 rings (SSSR count). The molecule has 0 bridgehead atoms. The van der Waals surface area contributed by atoms with Gasteiger partial charge >= 0.3 is 0 Å². The summed E-state index contributed by atoms with van der Waals surface area (Å²) in [6.45, 7) is 0. The SMILES string of the molecule is N#CCCC1(c2ccc(F)cc2)CCCCC1. The maximum atomic E-state index is 13.0. The molecule has 1 aromatic rings. The van der Waals surface area contributed by atoms with E-state index in [1.54, 1.807) is 0 Å². The van der Waals surface area contributed by atoms with Gasteiger partial charge in [0.15, 0.2) is 0 Å². The first-order chi connectivity index (χ1) is 8.27. The van der Waals surface area contributed by atoms with Crippen molar-refractivity contribution in [3.8, 4) is 6.07 Å². The Morgan fingerprint density at radius 2 is 1.76 bits per heavy atom. The highest BCUT2D eigenvalue weighted by Gasteiger charge is 2.33. The van der Waals surface area contributed by atoms with Crippen molar-refractivity contribution < 1.29 is 4.39 Å². The van der Waals surface area contributed by atoms with Crippen molar-refractivity contribution in [3.05, 3.63) is 35.6 Å². The summed E-state index contributed by atoms with van der Waals surface area (Å²) in [5, 5.41) is 8.79. The van der Waals surface area contributed by atoms with Crippen molar-refractivity contribution >= 4 is 0 Å². The number of nitriles is 1. The molecular weight excluding hydrogens is 213 g/mol. The Morgan fingerprint density at radius 1 is 1.12 bits per heavy atom. The fraction of sp³-hybridized carbons (Fsp3) is 0.533. The summed E-state index contributed by atoms with van der Waals surface area (Å²) in [5.41, 5.74) is 1.34. The molecule has 1 aromatic carbocycles. The monoisotopic (exact) mass is 231 g/mol. The summed E-state index contributed by atoms with van der Waals surface area (Å²) >= 11 is 0. The minimum atomic E-state index is -0.181. The van der Waals surface area contributed by atoms with Crippen LogP contribution in [-0.2, 0) is 5.41 Å². The van der Waals surface area contributed by atoms with Gasteiger partial charge in [0, 0.05) is 6.42 Å². The molecule has 0 saturated heterocycles. The number of halogens is 1. The third-order valence-electron chi connectivity index (χ3n) is 3.98. The third-order valence-corrected chi connectivity index (χ3v) is 3.98. The summed E-state index contributed by atoms with van der Waals surface area (Å²) in [5.74, 6) is -0.181. The lowest BCUT2D eigenvalue weighted by molar-refractivity contribution is 0.276. The molecule has 0 N–H and O–H groups in total. The zero-order valence-electron chi connectivity index (χ0n) is 10.1. The van der Waals surface area contributed by atoms with Crippen molar-refractivity contribution in [1.29, 1.82) is 5.26 Å². The minimum Gasteiger partial charge on any atom is -0.207 e. The Labute approximate surface area is 102 Å². The van der Waals surface area contributed by atoms with E-state index in [-0.39, 0.29) is 11.2 Å². The summed E-state index contributed by atoms with van der Waals surface area (Å²) < 4.78 is 13.0. The molecular formula is C15H18FN. The lowest BCUT2D eigenvalue weighted by Gasteiger charge is -2.37. The third kappa shape index (κ3) is 2.66. The molecule has 0 heterocycles. The summed E-state index contributed by atoms with van der Waals surface area (Å²) in [6.07, 6.45) is 7.52. The van der Waals surface area contributed by atoms with Crippen LogP contribution in [0.3, 0.4) is 0 Å². The van der Waals surface area contributed by atoms with Gasteiger partial charge in [-0.1, -0.05) is 31.4 Å². The highest BCUT2D eigenvalue weighted by Crippen LogP contribution is 2.42. The van der Waals surface area contributed by atoms with E-state index in [0.717, 1.165) is 19.3 Å². The van der Waals surface area contributed by atoms with Crippen LogP contribution in [0.1, 0.15) is 50.5 Å². The standard InChI is InChI=1S/C15H18FN/c16-14-7-5-13(6-8-14)15(11-4-12-17)9-2-1-3-10-15/h5-8H,1-4,9-11H2. The molecule has 1 nitrogen and oxygen atoms in total. The van der Waals surface area contributed by atoms with Crippen LogP contribution < -0.4 is 0 Å². The first-order valence-corrected chi connectivity index (χ1v) is 6.40. The van der Waals surface area contributed by atoms with E-state index in [1.165, 1.54) is 37.0 Å². The number of nitrogens with zero attached hydrogens (tertiary/aromatic N) is 1. The van der Waals surface area contributed by atoms with E-state index in [1.807, 2.05) is 12.1 Å². The molecule has 1 fully saturated rings. The van der Waals surface area contributed by atoms with Crippen LogP contribution in [0.2, 0.25) is 0 Å². The van der Waals surface area contributed by atoms with Crippen LogP contribution >= 0.6 is 0 Å². The number of benzene rings is 1. The molecule has 0 aromatic heterocycles. The van der Waals surface area contributed by atoms with Crippen LogP contribution in [0.4, 0.5) is 4.39 Å². The minimum absolute atomic E-state index is 0.127. The highest BCUT2D eigenvalue weighted by molar-refractivity contribution is 5.26. The van der Waals surface area contributed by atoms with Crippen molar-refractivity contribution in [1.82, 2.24) is 0 Å². The number of hydrogen-bond donors (Lipinski definition) is 0. The zero-order chi connectivity index (χ0) is 12.1. The summed E-state index contributed by atoms with van der Waals surface area (Å²) in [6, 6.07) is 9.13. The lowest BCUT2D eigenvalue weighted by Crippen LogP contribution is -2.28. The van der Waals surface area contributed by atoms with E-state index in [4.69, 9.17) is 5.26 Å². The second-order valence-electron chi connectivity index (χ2n) is 5.01. The Hall–Kier alpha value is -1.36. The predicted molar refractivity (Wildman–Crippen MR) is 66.0 cm³/mol. The molecule has 0 spiro atoms. The summed E-state index contributed by atoms with van der Waals surface area (Å²) in [7, 11) is 0. The maximum absolute atomic E-state index is 13.0. The number of hydrogen-bond acceptors (Lipinski definition) is 1. The molecule has 1 aliphatic rings. The molecule has 90 valence electrons. The van der Waals surface area contributed by atoms with Gasteiger partial charge in [-0.05, 0) is 42.4 Å². The van der Waals surface area contributed by atoms with Crippen LogP contribution in [0.25, 0.3) is 0 Å². The van der Waals surface area contributed by atoms with Gasteiger partial charge in [0.25, 0.3) is 0 Å². The first kappa shape index (κ1) is 12.1. The normalized spacial score (nSPS) is 18.6. The van der Waals surface area contributed by atoms with Gasteiger partial charge in [-0.25, -0.2) is 4.39 Å². The quantitative estimate of drug-likeness (QED) is 0.759. The van der Waals surface area contributed by atoms with Crippen molar-refractivity contribution in [2.24, 2.45) is 0 Å². The van der Waals surface area contributed by atoms with Crippen LogP contribution in [0, 0.1) is 17.1 Å².